The maximum atomic E-state index is 13.1. The lowest BCUT2D eigenvalue weighted by atomic mass is 10.1. The second-order valence-electron chi connectivity index (χ2n) is 6.99. The van der Waals surface area contributed by atoms with Gasteiger partial charge in [0.15, 0.2) is 0 Å². The third-order valence-corrected chi connectivity index (χ3v) is 5.47. The molecule has 1 fully saturated rings. The van der Waals surface area contributed by atoms with E-state index in [4.69, 9.17) is 4.74 Å². The van der Waals surface area contributed by atoms with Crippen LogP contribution in [0, 0.1) is 5.92 Å². The van der Waals surface area contributed by atoms with Crippen molar-refractivity contribution < 1.29 is 14.6 Å². The SMILES string of the molecule is O=C([C@@H]1C[C@H]1c1cccc(O)c1)N1CCN2CCOc3cccc1c32. The molecular weight excluding hydrogens is 316 g/mol. The summed E-state index contributed by atoms with van der Waals surface area (Å²) >= 11 is 0. The van der Waals surface area contributed by atoms with Crippen molar-refractivity contribution in [2.75, 3.05) is 36.0 Å². The van der Waals surface area contributed by atoms with Crippen LogP contribution in [0.2, 0.25) is 0 Å². The lowest BCUT2D eigenvalue weighted by molar-refractivity contribution is -0.119. The first kappa shape index (κ1) is 14.6. The van der Waals surface area contributed by atoms with Crippen molar-refractivity contribution in [1.29, 1.82) is 0 Å². The standard InChI is InChI=1S/C20H20N2O3/c23-14-4-1-3-13(11-14)15-12-16(15)20(24)22-8-7-21-9-10-25-18-6-2-5-17(22)19(18)21/h1-6,11,15-16,23H,7-10,12H2/t15-,16+/m0/s1. The van der Waals surface area contributed by atoms with Crippen LogP contribution in [0.15, 0.2) is 42.5 Å². The van der Waals surface area contributed by atoms with Gasteiger partial charge in [0, 0.05) is 19.0 Å². The fraction of sp³-hybridized carbons (Fsp3) is 0.350. The maximum Gasteiger partial charge on any atom is 0.230 e. The van der Waals surface area contributed by atoms with E-state index in [1.165, 1.54) is 0 Å². The zero-order valence-electron chi connectivity index (χ0n) is 13.9. The summed E-state index contributed by atoms with van der Waals surface area (Å²) in [5.74, 6) is 1.55. The number of hydrogen-bond donors (Lipinski definition) is 1. The van der Waals surface area contributed by atoms with E-state index >= 15 is 0 Å². The Labute approximate surface area is 146 Å². The molecule has 25 heavy (non-hydrogen) atoms. The number of carbonyl (C=O) groups excluding carboxylic acids is 1. The van der Waals surface area contributed by atoms with Crippen LogP contribution in [0.1, 0.15) is 17.9 Å². The Balaban J connectivity index is 1.42. The lowest BCUT2D eigenvalue weighted by Gasteiger charge is -2.41. The van der Waals surface area contributed by atoms with Crippen molar-refractivity contribution in [2.24, 2.45) is 5.92 Å². The second-order valence-corrected chi connectivity index (χ2v) is 6.99. The summed E-state index contributed by atoms with van der Waals surface area (Å²) < 4.78 is 5.77. The van der Waals surface area contributed by atoms with Crippen LogP contribution in [-0.2, 0) is 4.79 Å². The van der Waals surface area contributed by atoms with Crippen molar-refractivity contribution in [3.05, 3.63) is 48.0 Å². The number of aromatic hydroxyl groups is 1. The van der Waals surface area contributed by atoms with Crippen LogP contribution in [0.5, 0.6) is 11.5 Å². The maximum absolute atomic E-state index is 13.1. The van der Waals surface area contributed by atoms with E-state index in [0.29, 0.717) is 6.61 Å². The summed E-state index contributed by atoms with van der Waals surface area (Å²) in [4.78, 5) is 17.4. The van der Waals surface area contributed by atoms with Crippen LogP contribution >= 0.6 is 0 Å². The van der Waals surface area contributed by atoms with E-state index in [1.54, 1.807) is 12.1 Å². The van der Waals surface area contributed by atoms with Gasteiger partial charge >= 0.3 is 0 Å². The zero-order chi connectivity index (χ0) is 17.0. The van der Waals surface area contributed by atoms with E-state index in [-0.39, 0.29) is 23.5 Å². The summed E-state index contributed by atoms with van der Waals surface area (Å²) in [6.07, 6.45) is 0.855. The van der Waals surface area contributed by atoms with Gasteiger partial charge in [0.05, 0.1) is 12.2 Å². The number of anilines is 2. The molecule has 128 valence electrons. The summed E-state index contributed by atoms with van der Waals surface area (Å²) in [7, 11) is 0. The number of ether oxygens (including phenoxy) is 1. The number of phenols is 1. The summed E-state index contributed by atoms with van der Waals surface area (Å²) in [6, 6.07) is 13.2. The summed E-state index contributed by atoms with van der Waals surface area (Å²) in [6.45, 7) is 3.15. The van der Waals surface area contributed by atoms with Crippen LogP contribution in [0.3, 0.4) is 0 Å². The molecule has 1 N–H and O–H groups in total. The van der Waals surface area contributed by atoms with Gasteiger partial charge < -0.3 is 19.6 Å². The van der Waals surface area contributed by atoms with Crippen LogP contribution in [-0.4, -0.2) is 37.3 Å². The largest absolute Gasteiger partial charge is 0.508 e. The van der Waals surface area contributed by atoms with Gasteiger partial charge in [-0.1, -0.05) is 18.2 Å². The quantitative estimate of drug-likeness (QED) is 0.916. The Bertz CT molecular complexity index is 851. The number of benzene rings is 2. The first-order valence-corrected chi connectivity index (χ1v) is 8.83. The molecule has 2 aliphatic heterocycles. The molecule has 3 aliphatic rings. The highest BCUT2D eigenvalue weighted by Crippen LogP contribution is 2.51. The summed E-state index contributed by atoms with van der Waals surface area (Å²) in [5, 5.41) is 9.67. The average molecular weight is 336 g/mol. The predicted octanol–water partition coefficient (Wildman–Crippen LogP) is 2.74. The number of nitrogens with zero attached hydrogens (tertiary/aromatic N) is 2. The molecule has 1 amide bonds. The monoisotopic (exact) mass is 336 g/mol. The summed E-state index contributed by atoms with van der Waals surface area (Å²) in [5.41, 5.74) is 3.08. The van der Waals surface area contributed by atoms with Gasteiger partial charge in [0.2, 0.25) is 5.91 Å². The van der Waals surface area contributed by atoms with E-state index < -0.39 is 0 Å². The van der Waals surface area contributed by atoms with Crippen molar-refractivity contribution in [3.8, 4) is 11.5 Å². The van der Waals surface area contributed by atoms with Crippen molar-refractivity contribution in [1.82, 2.24) is 0 Å². The Morgan fingerprint density at radius 1 is 1.12 bits per heavy atom. The molecule has 1 saturated carbocycles. The molecule has 0 radical (unpaired) electrons. The third kappa shape index (κ3) is 2.34. The topological polar surface area (TPSA) is 53.0 Å². The molecule has 0 saturated heterocycles. The molecule has 2 aromatic rings. The zero-order valence-corrected chi connectivity index (χ0v) is 13.9. The van der Waals surface area contributed by atoms with Gasteiger partial charge in [-0.05, 0) is 42.2 Å². The molecular formula is C20H20N2O3. The molecule has 0 unspecified atom stereocenters. The minimum atomic E-state index is 0.00807. The number of carbonyl (C=O) groups is 1. The Morgan fingerprint density at radius 2 is 2.00 bits per heavy atom. The highest BCUT2D eigenvalue weighted by molar-refractivity contribution is 6.02. The van der Waals surface area contributed by atoms with Crippen molar-refractivity contribution in [2.45, 2.75) is 12.3 Å². The number of para-hydroxylation sites is 1. The lowest BCUT2D eigenvalue weighted by Crippen LogP contribution is -2.47. The Kier molecular flexibility index (Phi) is 3.17. The highest BCUT2D eigenvalue weighted by Gasteiger charge is 2.47. The van der Waals surface area contributed by atoms with Gasteiger partial charge in [-0.2, -0.15) is 0 Å². The fourth-order valence-corrected chi connectivity index (χ4v) is 4.13. The molecule has 2 aromatic carbocycles. The van der Waals surface area contributed by atoms with Gasteiger partial charge in [0.25, 0.3) is 0 Å². The molecule has 5 rings (SSSR count). The molecule has 2 atom stereocenters. The van der Waals surface area contributed by atoms with Crippen LogP contribution in [0.25, 0.3) is 0 Å². The number of hydrogen-bond acceptors (Lipinski definition) is 4. The minimum Gasteiger partial charge on any atom is -0.508 e. The first-order valence-electron chi connectivity index (χ1n) is 8.83. The molecule has 0 aromatic heterocycles. The first-order chi connectivity index (χ1) is 12.2. The van der Waals surface area contributed by atoms with Crippen LogP contribution in [0.4, 0.5) is 11.4 Å². The Hall–Kier alpha value is -2.69. The smallest absolute Gasteiger partial charge is 0.230 e. The average Bonchev–Trinajstić information content (AvgIpc) is 3.43. The molecule has 1 aliphatic carbocycles. The number of phenolic OH excluding ortho intramolecular Hbond substituents is 1. The van der Waals surface area contributed by atoms with Crippen molar-refractivity contribution >= 4 is 17.3 Å². The highest BCUT2D eigenvalue weighted by atomic mass is 16.5. The molecule has 2 heterocycles. The van der Waals surface area contributed by atoms with Gasteiger partial charge in [-0.15, -0.1) is 0 Å². The minimum absolute atomic E-state index is 0.00807. The van der Waals surface area contributed by atoms with E-state index in [2.05, 4.69) is 4.90 Å². The number of amides is 1. The fourth-order valence-electron chi connectivity index (χ4n) is 4.13. The van der Waals surface area contributed by atoms with Gasteiger partial charge in [-0.25, -0.2) is 0 Å². The van der Waals surface area contributed by atoms with Crippen molar-refractivity contribution in [3.63, 3.8) is 0 Å². The van der Waals surface area contributed by atoms with E-state index in [9.17, 15) is 9.90 Å². The number of rotatable bonds is 2. The molecule has 0 spiro atoms. The van der Waals surface area contributed by atoms with E-state index in [0.717, 1.165) is 48.7 Å². The molecule has 5 nitrogen and oxygen atoms in total. The predicted molar refractivity (Wildman–Crippen MR) is 95.5 cm³/mol. The third-order valence-electron chi connectivity index (χ3n) is 5.47. The molecule has 0 bridgehead atoms. The Morgan fingerprint density at radius 3 is 2.88 bits per heavy atom. The van der Waals surface area contributed by atoms with Crippen LogP contribution < -0.4 is 14.5 Å². The molecule has 5 heteroatoms. The second kappa shape index (κ2) is 5.41. The van der Waals surface area contributed by atoms with Gasteiger partial charge in [-0.3, -0.25) is 4.79 Å². The normalized spacial score (nSPS) is 23.7. The van der Waals surface area contributed by atoms with E-state index in [1.807, 2.05) is 35.2 Å². The van der Waals surface area contributed by atoms with Gasteiger partial charge in [0.1, 0.15) is 23.8 Å².